The summed E-state index contributed by atoms with van der Waals surface area (Å²) < 4.78 is 13.4. The second kappa shape index (κ2) is 8.37. The predicted octanol–water partition coefficient (Wildman–Crippen LogP) is 4.10. The fourth-order valence-corrected chi connectivity index (χ4v) is 3.69. The molecule has 2 heterocycles. The second-order valence-corrected chi connectivity index (χ2v) is 7.27. The zero-order valence-electron chi connectivity index (χ0n) is 16.6. The van der Waals surface area contributed by atoms with Crippen molar-refractivity contribution in [2.24, 2.45) is 0 Å². The topological polar surface area (TPSA) is 65.2 Å². The molecule has 2 amide bonds. The summed E-state index contributed by atoms with van der Waals surface area (Å²) in [6.45, 7) is 2.36. The van der Waals surface area contributed by atoms with Crippen LogP contribution in [0.1, 0.15) is 24.5 Å². The van der Waals surface area contributed by atoms with E-state index < -0.39 is 0 Å². The fraction of sp³-hybridized carbons (Fsp3) is 0.167. The molecule has 3 aromatic rings. The molecule has 0 unspecified atom stereocenters. The Morgan fingerprint density at radius 3 is 2.67 bits per heavy atom. The molecule has 4 rings (SSSR count). The molecule has 0 saturated heterocycles. The summed E-state index contributed by atoms with van der Waals surface area (Å²) in [6.07, 6.45) is 6.26. The fourth-order valence-electron chi connectivity index (χ4n) is 3.69. The van der Waals surface area contributed by atoms with Gasteiger partial charge in [0.1, 0.15) is 11.5 Å². The lowest BCUT2D eigenvalue weighted by Gasteiger charge is -2.27. The summed E-state index contributed by atoms with van der Waals surface area (Å²) in [5.41, 5.74) is 3.99. The van der Waals surface area contributed by atoms with Crippen molar-refractivity contribution in [1.29, 1.82) is 0 Å². The van der Waals surface area contributed by atoms with E-state index >= 15 is 0 Å². The van der Waals surface area contributed by atoms with Crippen molar-refractivity contribution in [2.75, 3.05) is 13.1 Å². The Morgan fingerprint density at radius 1 is 1.17 bits per heavy atom. The second-order valence-electron chi connectivity index (χ2n) is 7.27. The van der Waals surface area contributed by atoms with Gasteiger partial charge in [0.2, 0.25) is 5.91 Å². The van der Waals surface area contributed by atoms with Gasteiger partial charge in [-0.15, -0.1) is 0 Å². The maximum absolute atomic E-state index is 13.4. The van der Waals surface area contributed by atoms with Gasteiger partial charge in [-0.1, -0.05) is 36.4 Å². The Morgan fingerprint density at radius 2 is 1.97 bits per heavy atom. The lowest BCUT2D eigenvalue weighted by Crippen LogP contribution is -2.40. The molecule has 152 valence electrons. The third-order valence-electron chi connectivity index (χ3n) is 5.14. The number of carbonyl (C=O) groups excluding carboxylic acids is 2. The van der Waals surface area contributed by atoms with Crippen molar-refractivity contribution in [3.05, 3.63) is 83.4 Å². The lowest BCUT2D eigenvalue weighted by atomic mass is 9.98. The summed E-state index contributed by atoms with van der Waals surface area (Å²) in [7, 11) is 0. The van der Waals surface area contributed by atoms with Crippen LogP contribution in [-0.4, -0.2) is 34.8 Å². The van der Waals surface area contributed by atoms with Gasteiger partial charge in [-0.3, -0.25) is 9.59 Å². The van der Waals surface area contributed by atoms with E-state index in [2.05, 4.69) is 10.3 Å². The first kappa shape index (κ1) is 19.6. The normalized spacial score (nSPS) is 14.5. The molecule has 6 heteroatoms. The third kappa shape index (κ3) is 4.17. The van der Waals surface area contributed by atoms with Crippen molar-refractivity contribution in [3.8, 4) is 0 Å². The van der Waals surface area contributed by atoms with E-state index in [0.717, 1.165) is 27.6 Å². The van der Waals surface area contributed by atoms with E-state index in [1.165, 1.54) is 19.1 Å². The minimum absolute atomic E-state index is 0.217. The minimum atomic E-state index is -0.287. The van der Waals surface area contributed by atoms with Gasteiger partial charge in [0.15, 0.2) is 0 Å². The summed E-state index contributed by atoms with van der Waals surface area (Å²) >= 11 is 0. The highest BCUT2D eigenvalue weighted by Crippen LogP contribution is 2.30. The Kier molecular flexibility index (Phi) is 5.48. The number of benzene rings is 2. The molecule has 0 saturated carbocycles. The van der Waals surface area contributed by atoms with Crippen LogP contribution in [0.15, 0.2) is 66.5 Å². The quantitative estimate of drug-likeness (QED) is 0.644. The number of nitrogens with one attached hydrogen (secondary N) is 2. The zero-order chi connectivity index (χ0) is 21.1. The first-order chi connectivity index (χ1) is 14.5. The van der Waals surface area contributed by atoms with E-state index in [0.29, 0.717) is 19.5 Å². The van der Waals surface area contributed by atoms with Crippen LogP contribution in [0.5, 0.6) is 0 Å². The van der Waals surface area contributed by atoms with Gasteiger partial charge < -0.3 is 15.2 Å². The van der Waals surface area contributed by atoms with Crippen LogP contribution >= 0.6 is 0 Å². The average molecular weight is 403 g/mol. The highest BCUT2D eigenvalue weighted by atomic mass is 19.1. The average Bonchev–Trinajstić information content (AvgIpc) is 3.16. The first-order valence-corrected chi connectivity index (χ1v) is 9.81. The number of carbonyl (C=O) groups is 2. The molecule has 0 atom stereocenters. The van der Waals surface area contributed by atoms with Crippen LogP contribution in [0, 0.1) is 5.82 Å². The van der Waals surface area contributed by atoms with Crippen LogP contribution in [-0.2, 0) is 9.59 Å². The Hall–Kier alpha value is -3.67. The number of rotatable bonds is 4. The van der Waals surface area contributed by atoms with Crippen LogP contribution in [0.2, 0.25) is 0 Å². The summed E-state index contributed by atoms with van der Waals surface area (Å²) in [6, 6.07) is 14.1. The van der Waals surface area contributed by atoms with Crippen molar-refractivity contribution in [1.82, 2.24) is 15.2 Å². The number of fused-ring (bicyclic) bond motifs is 1. The van der Waals surface area contributed by atoms with Gasteiger partial charge in [-0.05, 0) is 41.8 Å². The number of nitrogens with zero attached hydrogens (tertiary/aromatic N) is 1. The molecular weight excluding hydrogens is 381 g/mol. The van der Waals surface area contributed by atoms with Crippen LogP contribution in [0.25, 0.3) is 22.6 Å². The molecule has 5 nitrogen and oxygen atoms in total. The lowest BCUT2D eigenvalue weighted by molar-refractivity contribution is -0.129. The molecule has 1 aliphatic rings. The number of amides is 2. The van der Waals surface area contributed by atoms with E-state index in [1.54, 1.807) is 17.0 Å². The van der Waals surface area contributed by atoms with Crippen LogP contribution < -0.4 is 5.32 Å². The molecule has 2 aromatic carbocycles. The number of H-pyrrole nitrogens is 1. The molecule has 1 aromatic heterocycles. The van der Waals surface area contributed by atoms with Crippen molar-refractivity contribution < 1.29 is 14.0 Å². The Balaban J connectivity index is 1.55. The standard InChI is InChI=1S/C24H22FN3O2/c1-16(29)27-23(13-17-5-3-2-4-6-17)24(30)28-11-9-18(10-12-28)21-15-26-22-14-19(25)7-8-20(21)22/h2-9,13-15,26H,10-12H2,1H3,(H,27,29)/b23-13+. The van der Waals surface area contributed by atoms with E-state index in [9.17, 15) is 14.0 Å². The molecule has 1 aliphatic heterocycles. The Bertz CT molecular complexity index is 1160. The highest BCUT2D eigenvalue weighted by molar-refractivity contribution is 6.01. The molecular formula is C24H22FN3O2. The van der Waals surface area contributed by atoms with Crippen molar-refractivity contribution >= 4 is 34.4 Å². The molecule has 0 aliphatic carbocycles. The summed E-state index contributed by atoms with van der Waals surface area (Å²) in [4.78, 5) is 29.5. The van der Waals surface area contributed by atoms with Gasteiger partial charge in [-0.2, -0.15) is 0 Å². The van der Waals surface area contributed by atoms with Gasteiger partial charge in [0.25, 0.3) is 5.91 Å². The molecule has 0 spiro atoms. The molecule has 30 heavy (non-hydrogen) atoms. The van der Waals surface area contributed by atoms with Gasteiger partial charge in [-0.25, -0.2) is 4.39 Å². The van der Waals surface area contributed by atoms with Gasteiger partial charge in [0, 0.05) is 42.7 Å². The van der Waals surface area contributed by atoms with Gasteiger partial charge in [0.05, 0.1) is 0 Å². The Labute approximate surface area is 173 Å². The number of halogens is 1. The maximum atomic E-state index is 13.4. The zero-order valence-corrected chi connectivity index (χ0v) is 16.6. The van der Waals surface area contributed by atoms with Crippen LogP contribution in [0.4, 0.5) is 4.39 Å². The smallest absolute Gasteiger partial charge is 0.270 e. The maximum Gasteiger partial charge on any atom is 0.270 e. The molecule has 2 N–H and O–H groups in total. The summed E-state index contributed by atoms with van der Waals surface area (Å²) in [5, 5.41) is 3.63. The third-order valence-corrected chi connectivity index (χ3v) is 5.14. The number of hydrogen-bond acceptors (Lipinski definition) is 2. The van der Waals surface area contributed by atoms with Crippen molar-refractivity contribution in [2.45, 2.75) is 13.3 Å². The molecule has 0 fully saturated rings. The number of hydrogen-bond donors (Lipinski definition) is 2. The van der Waals surface area contributed by atoms with Crippen molar-refractivity contribution in [3.63, 3.8) is 0 Å². The predicted molar refractivity (Wildman–Crippen MR) is 116 cm³/mol. The number of aromatic nitrogens is 1. The monoisotopic (exact) mass is 403 g/mol. The minimum Gasteiger partial charge on any atom is -0.360 e. The first-order valence-electron chi connectivity index (χ1n) is 9.81. The van der Waals surface area contributed by atoms with E-state index in [-0.39, 0.29) is 23.3 Å². The van der Waals surface area contributed by atoms with Crippen LogP contribution in [0.3, 0.4) is 0 Å². The highest BCUT2D eigenvalue weighted by Gasteiger charge is 2.23. The van der Waals surface area contributed by atoms with E-state index in [1.807, 2.05) is 42.6 Å². The SMILES string of the molecule is CC(=O)N/C(=C/c1ccccc1)C(=O)N1CC=C(c2c[nH]c3cc(F)ccc23)CC1. The largest absolute Gasteiger partial charge is 0.360 e. The summed E-state index contributed by atoms with van der Waals surface area (Å²) in [5.74, 6) is -0.781. The molecule has 0 radical (unpaired) electrons. The molecule has 0 bridgehead atoms. The number of aromatic amines is 1. The van der Waals surface area contributed by atoms with E-state index in [4.69, 9.17) is 0 Å². The van der Waals surface area contributed by atoms with Gasteiger partial charge >= 0.3 is 0 Å².